The predicted molar refractivity (Wildman–Crippen MR) is 47.2 cm³/mol. The van der Waals surface area contributed by atoms with Crippen molar-refractivity contribution >= 4 is 0 Å². The summed E-state index contributed by atoms with van der Waals surface area (Å²) in [5.41, 5.74) is 0.295. The number of hydrogen-bond donors (Lipinski definition) is 1. The van der Waals surface area contributed by atoms with Gasteiger partial charge in [0.2, 0.25) is 0 Å². The van der Waals surface area contributed by atoms with Crippen LogP contribution in [0.4, 0.5) is 0 Å². The van der Waals surface area contributed by atoms with Crippen molar-refractivity contribution in [1.29, 1.82) is 0 Å². The van der Waals surface area contributed by atoms with E-state index in [4.69, 9.17) is 0 Å². The molecule has 0 saturated carbocycles. The third-order valence-corrected chi connectivity index (χ3v) is 1.89. The van der Waals surface area contributed by atoms with E-state index in [1.54, 1.807) is 0 Å². The summed E-state index contributed by atoms with van der Waals surface area (Å²) < 4.78 is 0. The molecule has 0 fully saturated rings. The first-order valence-electron chi connectivity index (χ1n) is 3.92. The summed E-state index contributed by atoms with van der Waals surface area (Å²) in [6.07, 6.45) is 5.56. The average Bonchev–Trinajstić information content (AvgIpc) is 1.89. The van der Waals surface area contributed by atoms with Crippen molar-refractivity contribution in [2.75, 3.05) is 7.05 Å². The third-order valence-electron chi connectivity index (χ3n) is 1.89. The van der Waals surface area contributed by atoms with Crippen LogP contribution < -0.4 is 5.32 Å². The molecule has 0 aromatic rings. The SMILES string of the molecule is C=CCCCC(C)(C)NC. The highest BCUT2D eigenvalue weighted by Crippen LogP contribution is 2.11. The molecule has 0 unspecified atom stereocenters. The van der Waals surface area contributed by atoms with Gasteiger partial charge in [0.15, 0.2) is 0 Å². The molecule has 10 heavy (non-hydrogen) atoms. The number of unbranched alkanes of at least 4 members (excludes halogenated alkanes) is 1. The van der Waals surface area contributed by atoms with Crippen LogP contribution in [-0.4, -0.2) is 12.6 Å². The molecule has 0 aliphatic heterocycles. The molecular weight excluding hydrogens is 122 g/mol. The molecule has 0 radical (unpaired) electrons. The van der Waals surface area contributed by atoms with Gasteiger partial charge in [-0.15, -0.1) is 6.58 Å². The van der Waals surface area contributed by atoms with E-state index in [0.29, 0.717) is 5.54 Å². The number of allylic oxidation sites excluding steroid dienone is 1. The van der Waals surface area contributed by atoms with Gasteiger partial charge < -0.3 is 5.32 Å². The molecule has 0 aliphatic rings. The molecule has 0 amide bonds. The van der Waals surface area contributed by atoms with E-state index >= 15 is 0 Å². The molecule has 0 heterocycles. The maximum Gasteiger partial charge on any atom is 0.0122 e. The average molecular weight is 141 g/mol. The molecule has 0 aromatic heterocycles. The number of hydrogen-bond acceptors (Lipinski definition) is 1. The zero-order chi connectivity index (χ0) is 8.04. The van der Waals surface area contributed by atoms with E-state index in [2.05, 4.69) is 25.7 Å². The van der Waals surface area contributed by atoms with Gasteiger partial charge in [-0.3, -0.25) is 0 Å². The van der Waals surface area contributed by atoms with Gasteiger partial charge in [0.05, 0.1) is 0 Å². The standard InChI is InChI=1S/C9H19N/c1-5-6-7-8-9(2,3)10-4/h5,10H,1,6-8H2,2-4H3. The first kappa shape index (κ1) is 9.70. The normalized spacial score (nSPS) is 11.5. The molecule has 0 aliphatic carbocycles. The van der Waals surface area contributed by atoms with E-state index in [0.717, 1.165) is 6.42 Å². The molecule has 0 saturated heterocycles. The Hall–Kier alpha value is -0.300. The summed E-state index contributed by atoms with van der Waals surface area (Å²) >= 11 is 0. The Labute approximate surface area is 64.5 Å². The minimum absolute atomic E-state index is 0.295. The van der Waals surface area contributed by atoms with E-state index in [1.807, 2.05) is 13.1 Å². The molecule has 0 bridgehead atoms. The second kappa shape index (κ2) is 4.51. The Morgan fingerprint density at radius 2 is 2.10 bits per heavy atom. The summed E-state index contributed by atoms with van der Waals surface area (Å²) in [6.45, 7) is 8.12. The summed E-state index contributed by atoms with van der Waals surface area (Å²) in [4.78, 5) is 0. The lowest BCUT2D eigenvalue weighted by Gasteiger charge is -2.23. The summed E-state index contributed by atoms with van der Waals surface area (Å²) in [6, 6.07) is 0. The Kier molecular flexibility index (Phi) is 4.37. The van der Waals surface area contributed by atoms with Gasteiger partial charge in [0.25, 0.3) is 0 Å². The minimum Gasteiger partial charge on any atom is -0.315 e. The van der Waals surface area contributed by atoms with E-state index < -0.39 is 0 Å². The Morgan fingerprint density at radius 1 is 1.50 bits per heavy atom. The van der Waals surface area contributed by atoms with Crippen LogP contribution in [-0.2, 0) is 0 Å². The molecule has 60 valence electrons. The summed E-state index contributed by atoms with van der Waals surface area (Å²) in [5, 5.41) is 3.27. The first-order chi connectivity index (χ1) is 4.62. The van der Waals surface area contributed by atoms with Crippen molar-refractivity contribution < 1.29 is 0 Å². The second-order valence-corrected chi connectivity index (χ2v) is 3.31. The molecular formula is C9H19N. The highest BCUT2D eigenvalue weighted by atomic mass is 14.9. The zero-order valence-corrected chi connectivity index (χ0v) is 7.41. The second-order valence-electron chi connectivity index (χ2n) is 3.31. The zero-order valence-electron chi connectivity index (χ0n) is 7.41. The predicted octanol–water partition coefficient (Wildman–Crippen LogP) is 2.34. The summed E-state index contributed by atoms with van der Waals surface area (Å²) in [5.74, 6) is 0. The van der Waals surface area contributed by atoms with Crippen molar-refractivity contribution in [3.63, 3.8) is 0 Å². The van der Waals surface area contributed by atoms with Crippen LogP contribution in [0.25, 0.3) is 0 Å². The monoisotopic (exact) mass is 141 g/mol. The quantitative estimate of drug-likeness (QED) is 0.458. The smallest absolute Gasteiger partial charge is 0.0122 e. The Balaban J connectivity index is 3.36. The highest BCUT2D eigenvalue weighted by Gasteiger charge is 2.12. The molecule has 1 nitrogen and oxygen atoms in total. The molecule has 1 heteroatoms. The van der Waals surface area contributed by atoms with Gasteiger partial charge >= 0.3 is 0 Å². The lowest BCUT2D eigenvalue weighted by atomic mass is 9.98. The minimum atomic E-state index is 0.295. The molecule has 0 rings (SSSR count). The van der Waals surface area contributed by atoms with Gasteiger partial charge in [0.1, 0.15) is 0 Å². The largest absolute Gasteiger partial charge is 0.315 e. The maximum absolute atomic E-state index is 3.69. The van der Waals surface area contributed by atoms with Crippen LogP contribution >= 0.6 is 0 Å². The van der Waals surface area contributed by atoms with Crippen LogP contribution in [0.3, 0.4) is 0 Å². The lowest BCUT2D eigenvalue weighted by molar-refractivity contribution is 0.383. The van der Waals surface area contributed by atoms with Gasteiger partial charge in [0, 0.05) is 5.54 Å². The van der Waals surface area contributed by atoms with E-state index in [1.165, 1.54) is 12.8 Å². The van der Waals surface area contributed by atoms with Crippen molar-refractivity contribution in [2.45, 2.75) is 38.6 Å². The van der Waals surface area contributed by atoms with Crippen LogP contribution in [0.15, 0.2) is 12.7 Å². The van der Waals surface area contributed by atoms with Gasteiger partial charge in [-0.05, 0) is 40.2 Å². The fourth-order valence-corrected chi connectivity index (χ4v) is 0.813. The lowest BCUT2D eigenvalue weighted by Crippen LogP contribution is -2.35. The molecule has 0 aromatic carbocycles. The van der Waals surface area contributed by atoms with Crippen molar-refractivity contribution in [3.8, 4) is 0 Å². The van der Waals surface area contributed by atoms with Crippen LogP contribution in [0, 0.1) is 0 Å². The first-order valence-corrected chi connectivity index (χ1v) is 3.92. The van der Waals surface area contributed by atoms with E-state index in [-0.39, 0.29) is 0 Å². The van der Waals surface area contributed by atoms with Crippen LogP contribution in [0.1, 0.15) is 33.1 Å². The van der Waals surface area contributed by atoms with Gasteiger partial charge in [-0.25, -0.2) is 0 Å². The third kappa shape index (κ3) is 4.57. The maximum atomic E-state index is 3.69. The molecule has 0 spiro atoms. The van der Waals surface area contributed by atoms with Gasteiger partial charge in [-0.1, -0.05) is 6.08 Å². The summed E-state index contributed by atoms with van der Waals surface area (Å²) in [7, 11) is 2.01. The Bertz CT molecular complexity index is 94.9. The number of rotatable bonds is 5. The molecule has 0 atom stereocenters. The van der Waals surface area contributed by atoms with Crippen molar-refractivity contribution in [1.82, 2.24) is 5.32 Å². The Morgan fingerprint density at radius 3 is 2.50 bits per heavy atom. The molecule has 1 N–H and O–H groups in total. The van der Waals surface area contributed by atoms with Crippen molar-refractivity contribution in [2.24, 2.45) is 0 Å². The fourth-order valence-electron chi connectivity index (χ4n) is 0.813. The van der Waals surface area contributed by atoms with Crippen molar-refractivity contribution in [3.05, 3.63) is 12.7 Å². The number of nitrogens with one attached hydrogen (secondary N) is 1. The fraction of sp³-hybridized carbons (Fsp3) is 0.778. The highest BCUT2D eigenvalue weighted by molar-refractivity contribution is 4.77. The van der Waals surface area contributed by atoms with Crippen LogP contribution in [0.2, 0.25) is 0 Å². The topological polar surface area (TPSA) is 12.0 Å². The van der Waals surface area contributed by atoms with Crippen LogP contribution in [0.5, 0.6) is 0 Å². The van der Waals surface area contributed by atoms with E-state index in [9.17, 15) is 0 Å². The van der Waals surface area contributed by atoms with Gasteiger partial charge in [-0.2, -0.15) is 0 Å².